The van der Waals surface area contributed by atoms with Crippen molar-refractivity contribution in [2.24, 2.45) is 33.7 Å². The maximum atomic E-state index is 13.9. The molecule has 1 aliphatic heterocycles. The number of carboxylic acids is 2. The first-order valence-corrected chi connectivity index (χ1v) is 18.1. The molecule has 0 aromatic heterocycles. The second kappa shape index (κ2) is 25.5. The second-order valence-electron chi connectivity index (χ2n) is 13.1. The summed E-state index contributed by atoms with van der Waals surface area (Å²) in [4.78, 5) is 119. The van der Waals surface area contributed by atoms with Crippen LogP contribution >= 0.6 is 0 Å². The van der Waals surface area contributed by atoms with E-state index in [1.807, 2.05) is 0 Å². The molecule has 0 bridgehead atoms. The molecule has 19 N–H and O–H groups in total. The number of amides is 7. The molecule has 1 rings (SSSR count). The maximum absolute atomic E-state index is 13.9. The minimum atomic E-state index is -1.79. The number of nitrogens with one attached hydrogen (secondary N) is 5. The summed E-state index contributed by atoms with van der Waals surface area (Å²) in [5, 5.41) is 49.4. The minimum absolute atomic E-state index is 0.0415. The maximum Gasteiger partial charge on any atom is 0.328 e. The molecule has 0 radical (unpaired) electrons. The summed E-state index contributed by atoms with van der Waals surface area (Å²) in [6.07, 6.45) is -0.259. The molecule has 0 spiro atoms. The van der Waals surface area contributed by atoms with Gasteiger partial charge in [0, 0.05) is 19.5 Å². The molecule has 25 nitrogen and oxygen atoms in total. The van der Waals surface area contributed by atoms with Crippen molar-refractivity contribution >= 4 is 59.2 Å². The van der Waals surface area contributed by atoms with Crippen LogP contribution in [-0.2, 0) is 43.2 Å². The molecule has 322 valence electrons. The Morgan fingerprint density at radius 2 is 1.26 bits per heavy atom. The average molecular weight is 817 g/mol. The van der Waals surface area contributed by atoms with E-state index in [9.17, 15) is 63.6 Å². The van der Waals surface area contributed by atoms with Crippen molar-refractivity contribution in [3.63, 3.8) is 0 Å². The summed E-state index contributed by atoms with van der Waals surface area (Å²) in [7, 11) is 0. The molecular formula is C32H56N12O13. The lowest BCUT2D eigenvalue weighted by Crippen LogP contribution is -2.60. The number of hydrogen-bond acceptors (Lipinski definition) is 14. The number of carbonyl (C=O) groups is 9. The van der Waals surface area contributed by atoms with Gasteiger partial charge in [0.1, 0.15) is 36.3 Å². The molecule has 1 heterocycles. The minimum Gasteiger partial charge on any atom is -0.481 e. The Kier molecular flexibility index (Phi) is 22.1. The number of carbonyl (C=O) groups excluding carboxylic acids is 7. The summed E-state index contributed by atoms with van der Waals surface area (Å²) >= 11 is 0. The van der Waals surface area contributed by atoms with E-state index in [0.717, 1.165) is 4.90 Å². The highest BCUT2D eigenvalue weighted by Gasteiger charge is 2.39. The summed E-state index contributed by atoms with van der Waals surface area (Å²) in [5.74, 6) is -9.80. The van der Waals surface area contributed by atoms with Crippen molar-refractivity contribution in [3.8, 4) is 0 Å². The van der Waals surface area contributed by atoms with Crippen LogP contribution in [0.15, 0.2) is 4.99 Å². The molecule has 0 aromatic rings. The van der Waals surface area contributed by atoms with Gasteiger partial charge in [-0.05, 0) is 57.9 Å². The fourth-order valence-corrected chi connectivity index (χ4v) is 5.58. The third-order valence-corrected chi connectivity index (χ3v) is 8.64. The van der Waals surface area contributed by atoms with Crippen molar-refractivity contribution in [1.82, 2.24) is 31.5 Å². The molecule has 1 aliphatic rings. The topological polar surface area (TPSA) is 440 Å². The standard InChI is InChI=1S/C32H56N12O13/c33-10-2-1-5-17(39-28(53)20(14-45)42-27(52)19(13-24(48)49)41-25(50)16(34)8-9-23(35)47)26(51)40-18(6-3-11-38-32(36)37)30(55)44-12-4-7-22(44)29(54)43-21(15-46)31(56)57/h16-22,45-46H,1-15,33-34H2,(H2,35,47)(H,39,53)(H,40,51)(H,41,50)(H,42,52)(H,43,54)(H,48,49)(H,56,57)(H4,36,37,38). The molecule has 1 saturated heterocycles. The van der Waals surface area contributed by atoms with Gasteiger partial charge >= 0.3 is 11.9 Å². The van der Waals surface area contributed by atoms with Gasteiger partial charge in [-0.15, -0.1) is 0 Å². The number of guanidine groups is 1. The molecule has 1 fully saturated rings. The van der Waals surface area contributed by atoms with Crippen LogP contribution in [0, 0.1) is 0 Å². The zero-order chi connectivity index (χ0) is 43.2. The van der Waals surface area contributed by atoms with Crippen LogP contribution in [0.1, 0.15) is 64.2 Å². The number of nitrogens with two attached hydrogens (primary N) is 5. The number of aliphatic imine (C=N–C) groups is 1. The molecule has 0 saturated carbocycles. The Hall–Kier alpha value is -5.66. The molecule has 0 aliphatic carbocycles. The van der Waals surface area contributed by atoms with Gasteiger partial charge in [-0.1, -0.05) is 0 Å². The summed E-state index contributed by atoms with van der Waals surface area (Å²) in [6.45, 7) is -1.64. The predicted octanol–water partition coefficient (Wildman–Crippen LogP) is -7.28. The Bertz CT molecular complexity index is 1460. The second-order valence-corrected chi connectivity index (χ2v) is 13.1. The van der Waals surface area contributed by atoms with Crippen LogP contribution in [0.5, 0.6) is 0 Å². The molecule has 0 aromatic carbocycles. The van der Waals surface area contributed by atoms with Crippen LogP contribution in [0.3, 0.4) is 0 Å². The smallest absolute Gasteiger partial charge is 0.328 e. The van der Waals surface area contributed by atoms with E-state index in [1.165, 1.54) is 0 Å². The number of nitrogens with zero attached hydrogens (tertiary/aromatic N) is 2. The van der Waals surface area contributed by atoms with Crippen molar-refractivity contribution < 1.29 is 63.6 Å². The van der Waals surface area contributed by atoms with E-state index in [1.54, 1.807) is 0 Å². The van der Waals surface area contributed by atoms with Crippen molar-refractivity contribution in [3.05, 3.63) is 0 Å². The Balaban J connectivity index is 3.28. The van der Waals surface area contributed by atoms with E-state index < -0.39 is 115 Å². The molecule has 7 amide bonds. The van der Waals surface area contributed by atoms with Gasteiger partial charge in [0.2, 0.25) is 41.4 Å². The predicted molar refractivity (Wildman–Crippen MR) is 198 cm³/mol. The van der Waals surface area contributed by atoms with Gasteiger partial charge in [0.15, 0.2) is 5.96 Å². The van der Waals surface area contributed by atoms with Crippen molar-refractivity contribution in [2.45, 2.75) is 107 Å². The first-order valence-electron chi connectivity index (χ1n) is 18.1. The summed E-state index contributed by atoms with van der Waals surface area (Å²) in [5.41, 5.74) is 27.2. The zero-order valence-electron chi connectivity index (χ0n) is 31.4. The van der Waals surface area contributed by atoms with E-state index in [0.29, 0.717) is 12.8 Å². The van der Waals surface area contributed by atoms with E-state index >= 15 is 0 Å². The van der Waals surface area contributed by atoms with Gasteiger partial charge in [-0.3, -0.25) is 43.3 Å². The number of aliphatic hydroxyl groups excluding tert-OH is 2. The lowest BCUT2D eigenvalue weighted by molar-refractivity contribution is -0.145. The van der Waals surface area contributed by atoms with Crippen LogP contribution in [-0.4, -0.2) is 160 Å². The number of carboxylic acid groups (broad SMARTS) is 2. The average Bonchev–Trinajstić information content (AvgIpc) is 3.64. The van der Waals surface area contributed by atoms with Crippen LogP contribution in [0.25, 0.3) is 0 Å². The van der Waals surface area contributed by atoms with Gasteiger partial charge in [0.25, 0.3) is 0 Å². The molecule has 57 heavy (non-hydrogen) atoms. The SMILES string of the molecule is NCCCCC(NC(=O)C(CO)NC(=O)C(CC(=O)O)NC(=O)C(N)CCC(N)=O)C(=O)NC(CCCN=C(N)N)C(=O)N1CCCC1C(=O)NC(CO)C(=O)O. The highest BCUT2D eigenvalue weighted by molar-refractivity contribution is 5.98. The highest BCUT2D eigenvalue weighted by Crippen LogP contribution is 2.20. The van der Waals surface area contributed by atoms with Crippen molar-refractivity contribution in [2.75, 3.05) is 32.8 Å². The van der Waals surface area contributed by atoms with Crippen LogP contribution < -0.4 is 55.3 Å². The molecule has 7 atom stereocenters. The largest absolute Gasteiger partial charge is 0.481 e. The number of unbranched alkanes of at least 4 members (excludes halogenated alkanes) is 1. The quantitative estimate of drug-likeness (QED) is 0.0208. The van der Waals surface area contributed by atoms with Gasteiger partial charge in [-0.2, -0.15) is 0 Å². The third kappa shape index (κ3) is 17.8. The lowest BCUT2D eigenvalue weighted by Gasteiger charge is -2.30. The highest BCUT2D eigenvalue weighted by atomic mass is 16.4. The van der Waals surface area contributed by atoms with Crippen LogP contribution in [0.4, 0.5) is 0 Å². The number of primary amides is 1. The monoisotopic (exact) mass is 816 g/mol. The van der Waals surface area contributed by atoms with Gasteiger partial charge in [-0.25, -0.2) is 4.79 Å². The number of rotatable bonds is 27. The number of likely N-dealkylation sites (tertiary alicyclic amines) is 1. The zero-order valence-corrected chi connectivity index (χ0v) is 31.4. The third-order valence-electron chi connectivity index (χ3n) is 8.64. The summed E-state index contributed by atoms with van der Waals surface area (Å²) < 4.78 is 0. The van der Waals surface area contributed by atoms with Crippen LogP contribution in [0.2, 0.25) is 0 Å². The first kappa shape index (κ1) is 49.4. The summed E-state index contributed by atoms with van der Waals surface area (Å²) in [6, 6.07) is -10.4. The molecular weight excluding hydrogens is 760 g/mol. The van der Waals surface area contributed by atoms with Gasteiger partial charge < -0.3 is 80.6 Å². The first-order chi connectivity index (χ1) is 26.9. The van der Waals surface area contributed by atoms with Crippen molar-refractivity contribution in [1.29, 1.82) is 0 Å². The normalized spacial score (nSPS) is 16.7. The Labute approximate surface area is 327 Å². The van der Waals surface area contributed by atoms with E-state index in [4.69, 9.17) is 28.7 Å². The van der Waals surface area contributed by atoms with E-state index in [-0.39, 0.29) is 70.5 Å². The Morgan fingerprint density at radius 1 is 0.702 bits per heavy atom. The molecule has 25 heteroatoms. The molecule has 7 unspecified atom stereocenters. The number of aliphatic carboxylic acids is 2. The fourth-order valence-electron chi connectivity index (χ4n) is 5.58. The fraction of sp³-hybridized carbons (Fsp3) is 0.688. The van der Waals surface area contributed by atoms with Gasteiger partial charge in [0.05, 0.1) is 25.7 Å². The lowest BCUT2D eigenvalue weighted by atomic mass is 10.0. The number of hydrogen-bond donors (Lipinski definition) is 14. The Morgan fingerprint density at radius 3 is 1.82 bits per heavy atom. The van der Waals surface area contributed by atoms with E-state index in [2.05, 4.69) is 31.6 Å². The number of aliphatic hydroxyl groups is 2.